The summed E-state index contributed by atoms with van der Waals surface area (Å²) in [5, 5.41) is 0. The van der Waals surface area contributed by atoms with Crippen LogP contribution in [-0.2, 0) is 20.5 Å². The third kappa shape index (κ3) is 3.80. The standard InChI is InChI=1S/C22H18F3NO4/c1-13-19(21(28)30-3)17(12-14-6-4-5-7-18(14)22(23,24)25)20(27)26(13)15-8-10-16(29-2)11-9-15/h4-12H,1-3H3/b17-12-. The van der Waals surface area contributed by atoms with E-state index in [1.54, 1.807) is 24.3 Å². The Morgan fingerprint density at radius 3 is 2.23 bits per heavy atom. The summed E-state index contributed by atoms with van der Waals surface area (Å²) in [5.41, 5.74) is -0.698. The van der Waals surface area contributed by atoms with Crippen molar-refractivity contribution < 1.29 is 32.2 Å². The number of benzene rings is 2. The zero-order valence-corrected chi connectivity index (χ0v) is 16.4. The molecule has 1 aliphatic heterocycles. The molecule has 1 heterocycles. The smallest absolute Gasteiger partial charge is 0.416 e. The van der Waals surface area contributed by atoms with Crippen LogP contribution < -0.4 is 9.64 Å². The second kappa shape index (κ2) is 8.06. The minimum atomic E-state index is -4.62. The maximum atomic E-state index is 13.4. The molecular formula is C22H18F3NO4. The summed E-state index contributed by atoms with van der Waals surface area (Å²) in [5.74, 6) is -0.877. The van der Waals surface area contributed by atoms with E-state index in [4.69, 9.17) is 9.47 Å². The van der Waals surface area contributed by atoms with E-state index in [0.29, 0.717) is 11.4 Å². The van der Waals surface area contributed by atoms with Gasteiger partial charge in [-0.2, -0.15) is 13.2 Å². The molecule has 0 spiro atoms. The maximum absolute atomic E-state index is 13.4. The molecule has 0 saturated carbocycles. The lowest BCUT2D eigenvalue weighted by Gasteiger charge is -2.18. The van der Waals surface area contributed by atoms with Crippen LogP contribution >= 0.6 is 0 Å². The Morgan fingerprint density at radius 2 is 1.67 bits per heavy atom. The quantitative estimate of drug-likeness (QED) is 0.539. The lowest BCUT2D eigenvalue weighted by Crippen LogP contribution is -2.24. The molecule has 1 aliphatic rings. The van der Waals surface area contributed by atoms with Gasteiger partial charge in [0.05, 0.1) is 30.9 Å². The van der Waals surface area contributed by atoms with Gasteiger partial charge in [-0.3, -0.25) is 9.69 Å². The number of nitrogens with zero attached hydrogens (tertiary/aromatic N) is 1. The van der Waals surface area contributed by atoms with E-state index in [9.17, 15) is 22.8 Å². The molecule has 30 heavy (non-hydrogen) atoms. The monoisotopic (exact) mass is 417 g/mol. The van der Waals surface area contributed by atoms with Crippen LogP contribution in [0.15, 0.2) is 65.4 Å². The van der Waals surface area contributed by atoms with Gasteiger partial charge in [-0.15, -0.1) is 0 Å². The number of anilines is 1. The molecule has 0 saturated heterocycles. The molecule has 1 amide bonds. The molecule has 0 N–H and O–H groups in total. The lowest BCUT2D eigenvalue weighted by molar-refractivity contribution is -0.138. The molecule has 0 fully saturated rings. The number of allylic oxidation sites excluding steroid dienone is 1. The Hall–Kier alpha value is -3.55. The first-order chi connectivity index (χ1) is 14.2. The Labute approximate surface area is 171 Å². The van der Waals surface area contributed by atoms with Crippen molar-refractivity contribution in [1.82, 2.24) is 0 Å². The Bertz CT molecular complexity index is 1050. The number of rotatable bonds is 4. The third-order valence-corrected chi connectivity index (χ3v) is 4.69. The van der Waals surface area contributed by atoms with Crippen LogP contribution in [0.4, 0.5) is 18.9 Å². The molecule has 0 radical (unpaired) electrons. The molecule has 2 aromatic rings. The number of carbonyl (C=O) groups excluding carboxylic acids is 2. The first kappa shape index (κ1) is 21.2. The van der Waals surface area contributed by atoms with Crippen LogP contribution in [0, 0.1) is 0 Å². The number of esters is 1. The zero-order chi connectivity index (χ0) is 22.1. The van der Waals surface area contributed by atoms with E-state index < -0.39 is 23.6 Å². The van der Waals surface area contributed by atoms with Gasteiger partial charge in [0.2, 0.25) is 0 Å². The lowest BCUT2D eigenvalue weighted by atomic mass is 10.00. The highest BCUT2D eigenvalue weighted by molar-refractivity contribution is 6.23. The van der Waals surface area contributed by atoms with E-state index in [0.717, 1.165) is 19.3 Å². The van der Waals surface area contributed by atoms with Gasteiger partial charge >= 0.3 is 12.1 Å². The predicted octanol–water partition coefficient (Wildman–Crippen LogP) is 4.59. The van der Waals surface area contributed by atoms with Gasteiger partial charge in [0.1, 0.15) is 5.75 Å². The largest absolute Gasteiger partial charge is 0.497 e. The summed E-state index contributed by atoms with van der Waals surface area (Å²) in [6, 6.07) is 11.3. The van der Waals surface area contributed by atoms with Crippen LogP contribution in [0.25, 0.3) is 6.08 Å². The van der Waals surface area contributed by atoms with E-state index in [1.807, 2.05) is 0 Å². The van der Waals surface area contributed by atoms with Crippen LogP contribution in [0.2, 0.25) is 0 Å². The number of hydrogen-bond acceptors (Lipinski definition) is 4. The number of halogens is 3. The average molecular weight is 417 g/mol. The van der Waals surface area contributed by atoms with Gasteiger partial charge in [0, 0.05) is 11.4 Å². The zero-order valence-electron chi connectivity index (χ0n) is 16.4. The average Bonchev–Trinajstić information content (AvgIpc) is 2.97. The fraction of sp³-hybridized carbons (Fsp3) is 0.182. The summed E-state index contributed by atoms with van der Waals surface area (Å²) in [6.07, 6.45) is -3.54. The molecular weight excluding hydrogens is 399 g/mol. The van der Waals surface area contributed by atoms with Crippen LogP contribution in [0.3, 0.4) is 0 Å². The van der Waals surface area contributed by atoms with Gasteiger partial charge in [0.25, 0.3) is 5.91 Å². The minimum Gasteiger partial charge on any atom is -0.497 e. The van der Waals surface area contributed by atoms with E-state index >= 15 is 0 Å². The Morgan fingerprint density at radius 1 is 1.03 bits per heavy atom. The highest BCUT2D eigenvalue weighted by Crippen LogP contribution is 2.38. The van der Waals surface area contributed by atoms with E-state index in [-0.39, 0.29) is 22.4 Å². The van der Waals surface area contributed by atoms with Gasteiger partial charge in [-0.05, 0) is 48.9 Å². The Balaban J connectivity index is 2.16. The second-order valence-corrected chi connectivity index (χ2v) is 6.43. The molecule has 5 nitrogen and oxygen atoms in total. The SMILES string of the molecule is COC(=O)C1=C(C)N(c2ccc(OC)cc2)C(=O)/C1=C\c1ccccc1C(F)(F)F. The number of amides is 1. The molecule has 0 aliphatic carbocycles. The van der Waals surface area contributed by atoms with E-state index in [2.05, 4.69) is 0 Å². The summed E-state index contributed by atoms with van der Waals surface area (Å²) in [6.45, 7) is 1.53. The van der Waals surface area contributed by atoms with E-state index in [1.165, 1.54) is 37.1 Å². The third-order valence-electron chi connectivity index (χ3n) is 4.69. The first-order valence-corrected chi connectivity index (χ1v) is 8.85. The number of hydrogen-bond donors (Lipinski definition) is 0. The van der Waals surface area contributed by atoms with Crippen molar-refractivity contribution >= 4 is 23.6 Å². The number of ether oxygens (including phenoxy) is 2. The first-order valence-electron chi connectivity index (χ1n) is 8.85. The number of carbonyl (C=O) groups is 2. The summed E-state index contributed by atoms with van der Waals surface area (Å²) in [7, 11) is 2.64. The second-order valence-electron chi connectivity index (χ2n) is 6.43. The van der Waals surface area contributed by atoms with Crippen LogP contribution in [-0.4, -0.2) is 26.1 Å². The molecule has 8 heteroatoms. The topological polar surface area (TPSA) is 55.8 Å². The fourth-order valence-corrected chi connectivity index (χ4v) is 3.26. The van der Waals surface area contributed by atoms with Gasteiger partial charge < -0.3 is 9.47 Å². The summed E-state index contributed by atoms with van der Waals surface area (Å²) >= 11 is 0. The maximum Gasteiger partial charge on any atom is 0.416 e. The highest BCUT2D eigenvalue weighted by atomic mass is 19.4. The molecule has 0 bridgehead atoms. The summed E-state index contributed by atoms with van der Waals surface area (Å²) < 4.78 is 50.1. The van der Waals surface area contributed by atoms with Crippen LogP contribution in [0.1, 0.15) is 18.1 Å². The van der Waals surface area contributed by atoms with Crippen molar-refractivity contribution in [2.24, 2.45) is 0 Å². The molecule has 3 rings (SSSR count). The normalized spacial score (nSPS) is 15.7. The van der Waals surface area contributed by atoms with Crippen molar-refractivity contribution in [2.45, 2.75) is 13.1 Å². The predicted molar refractivity (Wildman–Crippen MR) is 105 cm³/mol. The van der Waals surface area contributed by atoms with Crippen molar-refractivity contribution in [3.05, 3.63) is 76.5 Å². The summed E-state index contributed by atoms with van der Waals surface area (Å²) in [4.78, 5) is 26.8. The van der Waals surface area contributed by atoms with Gasteiger partial charge in [0.15, 0.2) is 0 Å². The molecule has 2 aromatic carbocycles. The van der Waals surface area contributed by atoms with Gasteiger partial charge in [-0.1, -0.05) is 18.2 Å². The number of alkyl halides is 3. The van der Waals surface area contributed by atoms with Crippen molar-refractivity contribution in [3.63, 3.8) is 0 Å². The van der Waals surface area contributed by atoms with Gasteiger partial charge in [-0.25, -0.2) is 4.79 Å². The van der Waals surface area contributed by atoms with Crippen molar-refractivity contribution in [3.8, 4) is 5.75 Å². The molecule has 0 unspecified atom stereocenters. The van der Waals surface area contributed by atoms with Crippen LogP contribution in [0.5, 0.6) is 5.75 Å². The fourth-order valence-electron chi connectivity index (χ4n) is 3.26. The molecule has 156 valence electrons. The Kier molecular flexibility index (Phi) is 5.69. The van der Waals surface area contributed by atoms with Crippen molar-refractivity contribution in [1.29, 1.82) is 0 Å². The number of methoxy groups -OCH3 is 2. The molecule has 0 aromatic heterocycles. The minimum absolute atomic E-state index is 0.0877. The highest BCUT2D eigenvalue weighted by Gasteiger charge is 2.39. The molecule has 0 atom stereocenters. The van der Waals surface area contributed by atoms with Crippen molar-refractivity contribution in [2.75, 3.05) is 19.1 Å².